The molecule has 140 valence electrons. The van der Waals surface area contributed by atoms with E-state index < -0.39 is 11.8 Å². The van der Waals surface area contributed by atoms with Crippen LogP contribution in [0.15, 0.2) is 60.9 Å². The zero-order valence-corrected chi connectivity index (χ0v) is 15.6. The molecule has 5 nitrogen and oxygen atoms in total. The van der Waals surface area contributed by atoms with Crippen LogP contribution >= 0.6 is 11.6 Å². The van der Waals surface area contributed by atoms with Crippen LogP contribution in [0, 0.1) is 12.7 Å². The number of H-pyrrole nitrogens is 1. The highest BCUT2D eigenvalue weighted by atomic mass is 35.5. The molecule has 4 rings (SSSR count). The van der Waals surface area contributed by atoms with Gasteiger partial charge in [-0.25, -0.2) is 9.18 Å². The molecule has 2 aromatic carbocycles. The van der Waals surface area contributed by atoms with Crippen molar-refractivity contribution in [1.82, 2.24) is 9.97 Å². The predicted octanol–water partition coefficient (Wildman–Crippen LogP) is 5.97. The summed E-state index contributed by atoms with van der Waals surface area (Å²) in [5.41, 5.74) is 3.95. The van der Waals surface area contributed by atoms with Crippen LogP contribution in [0.5, 0.6) is 0 Å². The Kier molecular flexibility index (Phi) is 4.71. The van der Waals surface area contributed by atoms with E-state index in [1.807, 2.05) is 13.0 Å². The van der Waals surface area contributed by atoms with Crippen molar-refractivity contribution < 1.29 is 9.18 Å². The summed E-state index contributed by atoms with van der Waals surface area (Å²) >= 11 is 6.12. The summed E-state index contributed by atoms with van der Waals surface area (Å²) in [6, 6.07) is 12.8. The van der Waals surface area contributed by atoms with Gasteiger partial charge in [-0.3, -0.25) is 4.98 Å². The number of anilines is 2. The fourth-order valence-corrected chi connectivity index (χ4v) is 3.21. The minimum atomic E-state index is -0.458. The third kappa shape index (κ3) is 3.42. The van der Waals surface area contributed by atoms with E-state index in [4.69, 9.17) is 11.6 Å². The lowest BCUT2D eigenvalue weighted by atomic mass is 10.1. The van der Waals surface area contributed by atoms with Gasteiger partial charge in [-0.2, -0.15) is 0 Å². The van der Waals surface area contributed by atoms with Gasteiger partial charge in [0, 0.05) is 39.6 Å². The zero-order valence-electron chi connectivity index (χ0n) is 14.9. The molecule has 0 aliphatic carbocycles. The number of nitrogens with zero attached hydrogens (tertiary/aromatic N) is 1. The smallest absolute Gasteiger partial charge is 0.323 e. The fraction of sp³-hybridized carbons (Fsp3) is 0.0476. The molecule has 2 aromatic heterocycles. The summed E-state index contributed by atoms with van der Waals surface area (Å²) in [7, 11) is 0. The molecule has 0 fully saturated rings. The lowest BCUT2D eigenvalue weighted by molar-refractivity contribution is 0.262. The number of aromatic amines is 1. The van der Waals surface area contributed by atoms with Crippen LogP contribution in [0.3, 0.4) is 0 Å². The minimum Gasteiger partial charge on any atom is -0.353 e. The van der Waals surface area contributed by atoms with Crippen molar-refractivity contribution in [2.75, 3.05) is 10.6 Å². The summed E-state index contributed by atoms with van der Waals surface area (Å²) in [6.07, 6.45) is 3.33. The third-order valence-electron chi connectivity index (χ3n) is 4.47. The second-order valence-corrected chi connectivity index (χ2v) is 6.71. The SMILES string of the molecule is Cc1c(Cl)cccc1NC(=O)Nc1c(-c2cccnc2)[nH]c2ccc(F)cc12. The number of aromatic nitrogens is 2. The first-order valence-corrected chi connectivity index (χ1v) is 8.95. The van der Waals surface area contributed by atoms with E-state index in [0.717, 1.165) is 11.1 Å². The molecular weight excluding hydrogens is 379 g/mol. The number of rotatable bonds is 3. The van der Waals surface area contributed by atoms with Gasteiger partial charge in [-0.1, -0.05) is 17.7 Å². The molecule has 0 atom stereocenters. The number of pyridine rings is 1. The number of carbonyl (C=O) groups is 1. The first-order chi connectivity index (χ1) is 13.5. The van der Waals surface area contributed by atoms with Crippen molar-refractivity contribution in [3.8, 4) is 11.3 Å². The number of urea groups is 1. The molecule has 0 aliphatic heterocycles. The number of benzene rings is 2. The van der Waals surface area contributed by atoms with E-state index in [9.17, 15) is 9.18 Å². The summed E-state index contributed by atoms with van der Waals surface area (Å²) in [6.45, 7) is 1.82. The van der Waals surface area contributed by atoms with Gasteiger partial charge < -0.3 is 15.6 Å². The van der Waals surface area contributed by atoms with Crippen LogP contribution in [0.4, 0.5) is 20.6 Å². The summed E-state index contributed by atoms with van der Waals surface area (Å²) in [5.74, 6) is -0.390. The number of halogens is 2. The maximum absolute atomic E-state index is 13.8. The fourth-order valence-electron chi connectivity index (χ4n) is 3.03. The highest BCUT2D eigenvalue weighted by Crippen LogP contribution is 2.35. The number of nitrogens with one attached hydrogen (secondary N) is 3. The maximum atomic E-state index is 13.8. The van der Waals surface area contributed by atoms with Gasteiger partial charge in [-0.15, -0.1) is 0 Å². The number of hydrogen-bond acceptors (Lipinski definition) is 2. The Morgan fingerprint density at radius 1 is 1.14 bits per heavy atom. The third-order valence-corrected chi connectivity index (χ3v) is 4.87. The average Bonchev–Trinajstić information content (AvgIpc) is 3.04. The summed E-state index contributed by atoms with van der Waals surface area (Å²) in [4.78, 5) is 20.0. The molecule has 0 spiro atoms. The van der Waals surface area contributed by atoms with E-state index in [-0.39, 0.29) is 0 Å². The molecule has 0 unspecified atom stereocenters. The van der Waals surface area contributed by atoms with Crippen LogP contribution in [0.2, 0.25) is 5.02 Å². The number of fused-ring (bicyclic) bond motifs is 1. The summed E-state index contributed by atoms with van der Waals surface area (Å²) in [5, 5.41) is 6.75. The largest absolute Gasteiger partial charge is 0.353 e. The molecule has 7 heteroatoms. The second kappa shape index (κ2) is 7.32. The van der Waals surface area contributed by atoms with E-state index in [2.05, 4.69) is 20.6 Å². The predicted molar refractivity (Wildman–Crippen MR) is 110 cm³/mol. The molecular formula is C21H16ClFN4O. The molecule has 4 aromatic rings. The highest BCUT2D eigenvalue weighted by Gasteiger charge is 2.17. The molecule has 28 heavy (non-hydrogen) atoms. The van der Waals surface area contributed by atoms with Gasteiger partial charge in [0.1, 0.15) is 5.82 Å². The van der Waals surface area contributed by atoms with Crippen molar-refractivity contribution in [2.45, 2.75) is 6.92 Å². The monoisotopic (exact) mass is 394 g/mol. The minimum absolute atomic E-state index is 0.390. The molecule has 0 radical (unpaired) electrons. The lowest BCUT2D eigenvalue weighted by Gasteiger charge is -2.12. The number of amides is 2. The Morgan fingerprint density at radius 3 is 2.79 bits per heavy atom. The van der Waals surface area contributed by atoms with Crippen LogP contribution in [0.25, 0.3) is 22.2 Å². The Hall–Kier alpha value is -3.38. The molecule has 0 saturated heterocycles. The second-order valence-electron chi connectivity index (χ2n) is 6.30. The molecule has 0 saturated carbocycles. The quantitative estimate of drug-likeness (QED) is 0.400. The molecule has 3 N–H and O–H groups in total. The molecule has 0 bridgehead atoms. The van der Waals surface area contributed by atoms with Crippen molar-refractivity contribution in [3.63, 3.8) is 0 Å². The van der Waals surface area contributed by atoms with E-state index in [1.165, 1.54) is 12.1 Å². The van der Waals surface area contributed by atoms with Gasteiger partial charge >= 0.3 is 6.03 Å². The van der Waals surface area contributed by atoms with Crippen LogP contribution in [-0.2, 0) is 0 Å². The Labute approximate surface area is 165 Å². The van der Waals surface area contributed by atoms with E-state index in [0.29, 0.717) is 33.0 Å². The Balaban J connectivity index is 1.73. The van der Waals surface area contributed by atoms with Gasteiger partial charge in [0.2, 0.25) is 0 Å². The first-order valence-electron chi connectivity index (χ1n) is 8.57. The van der Waals surface area contributed by atoms with Gasteiger partial charge in [0.25, 0.3) is 0 Å². The van der Waals surface area contributed by atoms with Crippen LogP contribution in [0.1, 0.15) is 5.56 Å². The van der Waals surface area contributed by atoms with Crippen LogP contribution < -0.4 is 10.6 Å². The molecule has 0 aliphatic rings. The van der Waals surface area contributed by atoms with Gasteiger partial charge in [0.15, 0.2) is 0 Å². The average molecular weight is 395 g/mol. The normalized spacial score (nSPS) is 10.8. The highest BCUT2D eigenvalue weighted by molar-refractivity contribution is 6.31. The topological polar surface area (TPSA) is 69.8 Å². The summed E-state index contributed by atoms with van der Waals surface area (Å²) < 4.78 is 13.8. The molecule has 2 amide bonds. The standard InChI is InChI=1S/C21H16ClFN4O/c1-12-16(22)5-2-6-17(12)26-21(28)27-20-15-10-14(23)7-8-18(15)25-19(20)13-4-3-9-24-11-13/h2-11,25H,1H3,(H2,26,27,28). The zero-order chi connectivity index (χ0) is 19.7. The number of carbonyl (C=O) groups excluding carboxylic acids is 1. The van der Waals surface area contributed by atoms with Crippen molar-refractivity contribution in [3.05, 3.63) is 77.3 Å². The van der Waals surface area contributed by atoms with Gasteiger partial charge in [0.05, 0.1) is 11.4 Å². The van der Waals surface area contributed by atoms with Gasteiger partial charge in [-0.05, 0) is 55.0 Å². The number of hydrogen-bond donors (Lipinski definition) is 3. The molecule has 2 heterocycles. The van der Waals surface area contributed by atoms with Crippen molar-refractivity contribution in [1.29, 1.82) is 0 Å². The maximum Gasteiger partial charge on any atom is 0.323 e. The van der Waals surface area contributed by atoms with E-state index >= 15 is 0 Å². The Morgan fingerprint density at radius 2 is 2.00 bits per heavy atom. The van der Waals surface area contributed by atoms with Crippen LogP contribution in [-0.4, -0.2) is 16.0 Å². The lowest BCUT2D eigenvalue weighted by Crippen LogP contribution is -2.20. The van der Waals surface area contributed by atoms with Crippen molar-refractivity contribution in [2.24, 2.45) is 0 Å². The van der Waals surface area contributed by atoms with Crippen molar-refractivity contribution >= 4 is 39.9 Å². The van der Waals surface area contributed by atoms with E-state index in [1.54, 1.807) is 42.7 Å². The Bertz CT molecular complexity index is 1170. The first kappa shape index (κ1) is 18.0.